The Balaban J connectivity index is 1.63. The van der Waals surface area contributed by atoms with Gasteiger partial charge in [0.1, 0.15) is 11.3 Å². The topological polar surface area (TPSA) is 71.2 Å². The second kappa shape index (κ2) is 6.05. The zero-order valence-corrected chi connectivity index (χ0v) is 14.5. The highest BCUT2D eigenvalue weighted by Crippen LogP contribution is 2.26. The Morgan fingerprint density at radius 2 is 2.09 bits per heavy atom. The Bertz CT molecular complexity index is 693. The van der Waals surface area contributed by atoms with Crippen LogP contribution in [0.1, 0.15) is 53.7 Å². The summed E-state index contributed by atoms with van der Waals surface area (Å²) in [4.78, 5) is 15.3. The number of hydrogen-bond donors (Lipinski definition) is 1. The molecule has 0 radical (unpaired) electrons. The molecule has 1 aliphatic heterocycles. The largest absolute Gasteiger partial charge is 0.384 e. The third-order valence-corrected chi connectivity index (χ3v) is 5.32. The van der Waals surface area contributed by atoms with Crippen LogP contribution in [0.5, 0.6) is 0 Å². The first-order valence-corrected chi connectivity index (χ1v) is 8.72. The first kappa shape index (κ1) is 16.1. The number of aromatic nitrogens is 3. The molecular weight excluding hydrogens is 312 g/mol. The van der Waals surface area contributed by atoms with E-state index >= 15 is 0 Å². The molecule has 2 aromatic heterocycles. The van der Waals surface area contributed by atoms with Crippen molar-refractivity contribution in [1.82, 2.24) is 19.9 Å². The highest BCUT2D eigenvalue weighted by atomic mass is 32.1. The van der Waals surface area contributed by atoms with Crippen LogP contribution in [0, 0.1) is 6.92 Å². The van der Waals surface area contributed by atoms with E-state index in [2.05, 4.69) is 10.3 Å². The van der Waals surface area contributed by atoms with Gasteiger partial charge in [-0.05, 0) is 50.6 Å². The summed E-state index contributed by atoms with van der Waals surface area (Å²) in [7, 11) is 0. The molecule has 0 spiro atoms. The summed E-state index contributed by atoms with van der Waals surface area (Å²) in [5, 5.41) is 20.1. The van der Waals surface area contributed by atoms with Crippen molar-refractivity contribution in [2.75, 3.05) is 13.1 Å². The van der Waals surface area contributed by atoms with Gasteiger partial charge in [0.05, 0.1) is 17.1 Å². The molecule has 1 amide bonds. The lowest BCUT2D eigenvalue weighted by atomic mass is 10.0. The standard InChI is InChI=1S/C16H22N4O2S/c1-11-6-9-23-14(11)15(21)19-7-4-12(5-8-19)20-10-13(17-18-20)16(2,3)22/h6,9-10,12,22H,4-5,7-8H2,1-3H3. The maximum atomic E-state index is 12.5. The van der Waals surface area contributed by atoms with Gasteiger partial charge in [-0.3, -0.25) is 4.79 Å². The Morgan fingerprint density at radius 1 is 1.39 bits per heavy atom. The zero-order valence-electron chi connectivity index (χ0n) is 13.7. The number of carbonyl (C=O) groups excluding carboxylic acids is 1. The number of hydrogen-bond acceptors (Lipinski definition) is 5. The third-order valence-electron chi connectivity index (χ3n) is 4.32. The van der Waals surface area contributed by atoms with Crippen LogP contribution in [0.2, 0.25) is 0 Å². The van der Waals surface area contributed by atoms with Gasteiger partial charge in [-0.1, -0.05) is 5.21 Å². The van der Waals surface area contributed by atoms with Gasteiger partial charge in [0.25, 0.3) is 5.91 Å². The number of thiophene rings is 1. The lowest BCUT2D eigenvalue weighted by Gasteiger charge is -2.31. The van der Waals surface area contributed by atoms with E-state index in [1.54, 1.807) is 13.8 Å². The van der Waals surface area contributed by atoms with Crippen molar-refractivity contribution >= 4 is 17.2 Å². The fourth-order valence-corrected chi connectivity index (χ4v) is 3.70. The van der Waals surface area contributed by atoms with Gasteiger partial charge in [0.2, 0.25) is 0 Å². The predicted octanol–water partition coefficient (Wildman–Crippen LogP) is 2.35. The van der Waals surface area contributed by atoms with Gasteiger partial charge in [0, 0.05) is 13.1 Å². The minimum atomic E-state index is -0.981. The molecule has 6 nitrogen and oxygen atoms in total. The fraction of sp³-hybridized carbons (Fsp3) is 0.562. The monoisotopic (exact) mass is 334 g/mol. The number of likely N-dealkylation sites (tertiary alicyclic amines) is 1. The van der Waals surface area contributed by atoms with E-state index in [0.29, 0.717) is 5.69 Å². The number of aliphatic hydroxyl groups is 1. The van der Waals surface area contributed by atoms with Crippen LogP contribution in [-0.4, -0.2) is 44.0 Å². The van der Waals surface area contributed by atoms with E-state index in [4.69, 9.17) is 0 Å². The van der Waals surface area contributed by atoms with Crippen LogP contribution in [-0.2, 0) is 5.60 Å². The molecule has 0 saturated carbocycles. The summed E-state index contributed by atoms with van der Waals surface area (Å²) in [5.41, 5.74) is 0.643. The number of amides is 1. The van der Waals surface area contributed by atoms with E-state index in [-0.39, 0.29) is 11.9 Å². The van der Waals surface area contributed by atoms with Gasteiger partial charge in [-0.25, -0.2) is 4.68 Å². The minimum absolute atomic E-state index is 0.131. The quantitative estimate of drug-likeness (QED) is 0.935. The van der Waals surface area contributed by atoms with Crippen molar-refractivity contribution < 1.29 is 9.90 Å². The van der Waals surface area contributed by atoms with E-state index in [9.17, 15) is 9.90 Å². The second-order valence-corrected chi connectivity index (χ2v) is 7.52. The molecule has 1 saturated heterocycles. The first-order valence-electron chi connectivity index (χ1n) is 7.84. The van der Waals surface area contributed by atoms with Gasteiger partial charge in [0.15, 0.2) is 0 Å². The Kier molecular flexibility index (Phi) is 4.25. The molecule has 3 heterocycles. The molecule has 23 heavy (non-hydrogen) atoms. The van der Waals surface area contributed by atoms with E-state index in [1.807, 2.05) is 34.1 Å². The smallest absolute Gasteiger partial charge is 0.264 e. The molecule has 0 unspecified atom stereocenters. The van der Waals surface area contributed by atoms with Crippen molar-refractivity contribution in [1.29, 1.82) is 0 Å². The molecule has 7 heteroatoms. The normalized spacial score (nSPS) is 16.8. The van der Waals surface area contributed by atoms with Crippen LogP contribution >= 0.6 is 11.3 Å². The molecule has 1 N–H and O–H groups in total. The molecule has 0 bridgehead atoms. The number of rotatable bonds is 3. The Hall–Kier alpha value is -1.73. The van der Waals surface area contributed by atoms with Crippen molar-refractivity contribution in [3.05, 3.63) is 33.8 Å². The van der Waals surface area contributed by atoms with Gasteiger partial charge in [-0.15, -0.1) is 16.4 Å². The first-order chi connectivity index (χ1) is 10.9. The lowest BCUT2D eigenvalue weighted by Crippen LogP contribution is -2.39. The van der Waals surface area contributed by atoms with E-state index in [1.165, 1.54) is 11.3 Å². The summed E-state index contributed by atoms with van der Waals surface area (Å²) < 4.78 is 1.82. The number of carbonyl (C=O) groups is 1. The fourth-order valence-electron chi connectivity index (χ4n) is 2.80. The lowest BCUT2D eigenvalue weighted by molar-refractivity contribution is 0.0693. The average molecular weight is 334 g/mol. The molecule has 0 atom stereocenters. The second-order valence-electron chi connectivity index (χ2n) is 6.60. The summed E-state index contributed by atoms with van der Waals surface area (Å²) in [6, 6.07) is 2.21. The van der Waals surface area contributed by atoms with Gasteiger partial charge < -0.3 is 10.0 Å². The van der Waals surface area contributed by atoms with Gasteiger partial charge >= 0.3 is 0 Å². The molecule has 1 fully saturated rings. The molecule has 0 aromatic carbocycles. The highest BCUT2D eigenvalue weighted by molar-refractivity contribution is 7.12. The summed E-state index contributed by atoms with van der Waals surface area (Å²) >= 11 is 1.51. The highest BCUT2D eigenvalue weighted by Gasteiger charge is 2.28. The number of nitrogens with zero attached hydrogens (tertiary/aromatic N) is 4. The van der Waals surface area contributed by atoms with Crippen molar-refractivity contribution in [3.63, 3.8) is 0 Å². The Morgan fingerprint density at radius 3 is 2.61 bits per heavy atom. The number of aryl methyl sites for hydroxylation is 1. The maximum Gasteiger partial charge on any atom is 0.264 e. The average Bonchev–Trinajstić information content (AvgIpc) is 3.15. The molecule has 2 aromatic rings. The molecule has 1 aliphatic rings. The zero-order chi connectivity index (χ0) is 16.6. The van der Waals surface area contributed by atoms with Gasteiger partial charge in [-0.2, -0.15) is 0 Å². The predicted molar refractivity (Wildman–Crippen MR) is 88.5 cm³/mol. The summed E-state index contributed by atoms with van der Waals surface area (Å²) in [5.74, 6) is 0.131. The van der Waals surface area contributed by atoms with Crippen molar-refractivity contribution in [2.24, 2.45) is 0 Å². The third kappa shape index (κ3) is 3.30. The minimum Gasteiger partial charge on any atom is -0.384 e. The van der Waals surface area contributed by atoms with Crippen LogP contribution in [0.4, 0.5) is 0 Å². The van der Waals surface area contributed by atoms with Crippen LogP contribution < -0.4 is 0 Å². The SMILES string of the molecule is Cc1ccsc1C(=O)N1CCC(n2cc(C(C)(C)O)nn2)CC1. The van der Waals surface area contributed by atoms with E-state index in [0.717, 1.165) is 36.4 Å². The Labute approximate surface area is 139 Å². The van der Waals surface area contributed by atoms with Crippen LogP contribution in [0.3, 0.4) is 0 Å². The van der Waals surface area contributed by atoms with E-state index < -0.39 is 5.60 Å². The molecular formula is C16H22N4O2S. The number of piperidine rings is 1. The van der Waals surface area contributed by atoms with Crippen LogP contribution in [0.25, 0.3) is 0 Å². The molecule has 124 valence electrons. The summed E-state index contributed by atoms with van der Waals surface area (Å²) in [6.45, 7) is 6.82. The summed E-state index contributed by atoms with van der Waals surface area (Å²) in [6.07, 6.45) is 3.52. The maximum absolute atomic E-state index is 12.5. The van der Waals surface area contributed by atoms with Crippen molar-refractivity contribution in [3.8, 4) is 0 Å². The molecule has 0 aliphatic carbocycles. The molecule has 3 rings (SSSR count). The van der Waals surface area contributed by atoms with Crippen molar-refractivity contribution in [2.45, 2.75) is 45.3 Å². The van der Waals surface area contributed by atoms with Crippen LogP contribution in [0.15, 0.2) is 17.6 Å².